The maximum atomic E-state index is 9.93. The van der Waals surface area contributed by atoms with Gasteiger partial charge in [-0.1, -0.05) is 60.7 Å². The molecule has 0 atom stereocenters. The van der Waals surface area contributed by atoms with Crippen molar-refractivity contribution >= 4 is 30.4 Å². The first-order valence-corrected chi connectivity index (χ1v) is 16.1. The van der Waals surface area contributed by atoms with E-state index in [9.17, 15) is 16.9 Å². The van der Waals surface area contributed by atoms with Gasteiger partial charge in [-0.15, -0.1) is 0 Å². The predicted octanol–water partition coefficient (Wildman–Crippen LogP) is 7.21. The van der Waals surface area contributed by atoms with E-state index in [-0.39, 0.29) is 10.9 Å². The van der Waals surface area contributed by atoms with Gasteiger partial charge in [0.2, 0.25) is 0 Å². The zero-order valence-corrected chi connectivity index (χ0v) is 19.4. The van der Waals surface area contributed by atoms with Gasteiger partial charge in [0.1, 0.15) is 17.3 Å². The van der Waals surface area contributed by atoms with Crippen LogP contribution >= 0.6 is 0 Å². The monoisotopic (exact) mass is 556 g/mol. The van der Waals surface area contributed by atoms with E-state index in [2.05, 4.69) is 84.9 Å². The molecule has 0 saturated heterocycles. The van der Waals surface area contributed by atoms with Gasteiger partial charge in [0.25, 0.3) is 0 Å². The van der Waals surface area contributed by atoms with Crippen LogP contribution in [0.4, 0.5) is 16.9 Å². The Morgan fingerprint density at radius 1 is 0.633 bits per heavy atom. The van der Waals surface area contributed by atoms with Crippen LogP contribution in [0.1, 0.15) is 11.1 Å². The predicted molar refractivity (Wildman–Crippen MR) is 111 cm³/mol. The number of benzene rings is 3. The molecule has 0 heterocycles. The molecule has 3 aromatic rings. The van der Waals surface area contributed by atoms with Crippen molar-refractivity contribution in [2.75, 3.05) is 7.11 Å². The van der Waals surface area contributed by atoms with Crippen molar-refractivity contribution in [2.45, 2.75) is 16.4 Å². The standard InChI is InChI=1S/C21H21OS.6FH.Sb/c1-22-20-12-14-21(15-13-20)23(16-18-8-4-2-5-9-18)17-19-10-6-3-7-11-19;;;;;;;/h2-15H,16-17H2,1H3;6*1H;/q+1;;;;;;;+5/p-6. The molecule has 1 nitrogen and oxygen atoms in total. The Morgan fingerprint density at radius 2 is 1.00 bits per heavy atom. The molecule has 0 aliphatic rings. The summed E-state index contributed by atoms with van der Waals surface area (Å²) in [5, 5.41) is 0. The molecule has 9 heteroatoms. The van der Waals surface area contributed by atoms with E-state index < -0.39 is 19.5 Å². The zero-order valence-electron chi connectivity index (χ0n) is 16.0. The molecule has 0 unspecified atom stereocenters. The fraction of sp³-hybridized carbons (Fsp3) is 0.143. The minimum absolute atomic E-state index is 0.144. The zero-order chi connectivity index (χ0) is 22.3. The molecule has 164 valence electrons. The van der Waals surface area contributed by atoms with E-state index in [0.29, 0.717) is 0 Å². The van der Waals surface area contributed by atoms with Crippen LogP contribution in [0, 0.1) is 0 Å². The van der Waals surface area contributed by atoms with E-state index in [4.69, 9.17) is 4.74 Å². The van der Waals surface area contributed by atoms with E-state index in [0.717, 1.165) is 17.3 Å². The Labute approximate surface area is 176 Å². The van der Waals surface area contributed by atoms with Crippen LogP contribution < -0.4 is 4.74 Å². The number of hydrogen-bond acceptors (Lipinski definition) is 1. The van der Waals surface area contributed by atoms with Crippen LogP contribution in [0.25, 0.3) is 0 Å². The summed E-state index contributed by atoms with van der Waals surface area (Å²) >= 11 is -11.2. The molecular formula is C21H21F6OSSb. The molecule has 0 spiro atoms. The van der Waals surface area contributed by atoms with Crippen molar-refractivity contribution in [1.29, 1.82) is 0 Å². The number of rotatable bonds is 6. The number of halogens is 6. The van der Waals surface area contributed by atoms with E-state index in [1.54, 1.807) is 7.11 Å². The summed E-state index contributed by atoms with van der Waals surface area (Å²) in [4.78, 5) is 1.39. The third-order valence-electron chi connectivity index (χ3n) is 3.76. The normalized spacial score (nSPS) is 13.6. The summed E-state index contributed by atoms with van der Waals surface area (Å²) in [6.45, 7) is 0. The molecule has 0 aromatic heterocycles. The van der Waals surface area contributed by atoms with Crippen molar-refractivity contribution in [3.8, 4) is 5.75 Å². The Morgan fingerprint density at radius 3 is 1.33 bits per heavy atom. The Hall–Kier alpha value is -1.79. The Kier molecular flexibility index (Phi) is 7.46. The molecular weight excluding hydrogens is 536 g/mol. The molecule has 0 bridgehead atoms. The molecule has 30 heavy (non-hydrogen) atoms. The summed E-state index contributed by atoms with van der Waals surface area (Å²) in [5.74, 6) is 3.06. The molecule has 0 aliphatic carbocycles. The van der Waals surface area contributed by atoms with Crippen LogP contribution in [0.2, 0.25) is 0 Å². The van der Waals surface area contributed by atoms with Gasteiger partial charge in [0.05, 0.1) is 7.11 Å². The van der Waals surface area contributed by atoms with Gasteiger partial charge in [-0.05, 0) is 24.3 Å². The van der Waals surface area contributed by atoms with E-state index in [1.165, 1.54) is 16.0 Å². The van der Waals surface area contributed by atoms with Crippen LogP contribution in [-0.4, -0.2) is 26.6 Å². The number of methoxy groups -OCH3 is 1. The van der Waals surface area contributed by atoms with Gasteiger partial charge >= 0.3 is 36.4 Å². The van der Waals surface area contributed by atoms with Crippen LogP contribution in [0.15, 0.2) is 89.8 Å². The van der Waals surface area contributed by atoms with Gasteiger partial charge < -0.3 is 4.74 Å². The average molecular weight is 557 g/mol. The minimum atomic E-state index is -11.2. The first-order valence-electron chi connectivity index (χ1n) is 8.76. The van der Waals surface area contributed by atoms with Gasteiger partial charge in [-0.3, -0.25) is 0 Å². The Balaban J connectivity index is 0.000000396. The average Bonchev–Trinajstić information content (AvgIpc) is 2.67. The van der Waals surface area contributed by atoms with Gasteiger partial charge in [-0.2, -0.15) is 0 Å². The summed E-state index contributed by atoms with van der Waals surface area (Å²) in [6, 6.07) is 30.0. The topological polar surface area (TPSA) is 9.23 Å². The van der Waals surface area contributed by atoms with Crippen LogP contribution in [0.3, 0.4) is 0 Å². The van der Waals surface area contributed by atoms with Crippen molar-refractivity contribution in [3.63, 3.8) is 0 Å². The molecule has 3 rings (SSSR count). The number of ether oxygens (including phenoxy) is 1. The SMILES string of the molecule is COc1ccc([S+](Cc2ccccc2)Cc2ccccc2)cc1.[F][Sb-]([F])([F])([F])([F])[F]. The summed E-state index contributed by atoms with van der Waals surface area (Å²) < 4.78 is 64.8. The molecule has 0 saturated carbocycles. The fourth-order valence-corrected chi connectivity index (χ4v) is 4.68. The van der Waals surface area contributed by atoms with Gasteiger partial charge in [-0.25, -0.2) is 0 Å². The first kappa shape index (κ1) is 24.5. The molecule has 0 radical (unpaired) electrons. The molecule has 0 aliphatic heterocycles. The molecule has 0 amide bonds. The quantitative estimate of drug-likeness (QED) is 0.177. The van der Waals surface area contributed by atoms with E-state index >= 15 is 0 Å². The van der Waals surface area contributed by atoms with Gasteiger partial charge in [0.15, 0.2) is 4.90 Å². The summed E-state index contributed by atoms with van der Waals surface area (Å²) in [6.07, 6.45) is 0. The van der Waals surface area contributed by atoms with Crippen molar-refractivity contribution in [1.82, 2.24) is 0 Å². The molecule has 0 fully saturated rings. The second-order valence-corrected chi connectivity index (χ2v) is 13.9. The third-order valence-corrected chi connectivity index (χ3v) is 6.06. The van der Waals surface area contributed by atoms with Crippen molar-refractivity contribution < 1.29 is 21.6 Å². The second-order valence-electron chi connectivity index (χ2n) is 6.39. The maximum absolute atomic E-state index is 11.2. The summed E-state index contributed by atoms with van der Waals surface area (Å²) in [5.41, 5.74) is 2.78. The van der Waals surface area contributed by atoms with Crippen molar-refractivity contribution in [2.24, 2.45) is 0 Å². The fourth-order valence-electron chi connectivity index (χ4n) is 2.54. The molecule has 0 N–H and O–H groups in total. The van der Waals surface area contributed by atoms with Crippen LogP contribution in [-0.2, 0) is 22.4 Å². The second kappa shape index (κ2) is 9.14. The molecule has 3 aromatic carbocycles. The number of hydrogen-bond donors (Lipinski definition) is 0. The Bertz CT molecular complexity index is 864. The van der Waals surface area contributed by atoms with Crippen molar-refractivity contribution in [3.05, 3.63) is 96.1 Å². The van der Waals surface area contributed by atoms with Gasteiger partial charge in [0, 0.05) is 22.0 Å². The van der Waals surface area contributed by atoms with Crippen LogP contribution in [0.5, 0.6) is 5.75 Å². The first-order chi connectivity index (χ1) is 13.8. The third kappa shape index (κ3) is 11.4. The summed E-state index contributed by atoms with van der Waals surface area (Å²) in [7, 11) is 1.86. The van der Waals surface area contributed by atoms with E-state index in [1.807, 2.05) is 0 Å².